The molecule has 0 aromatic rings. The second kappa shape index (κ2) is 15.2. The molecule has 0 radical (unpaired) electrons. The van der Waals surface area contributed by atoms with Crippen LogP contribution >= 0.6 is 0 Å². The minimum Gasteiger partial charge on any atom is -0.458 e. The summed E-state index contributed by atoms with van der Waals surface area (Å²) in [6.07, 6.45) is 21.8. The minimum atomic E-state index is -1.25. The van der Waals surface area contributed by atoms with Crippen molar-refractivity contribution in [3.8, 4) is 0 Å². The van der Waals surface area contributed by atoms with Gasteiger partial charge in [0.15, 0.2) is 24.3 Å². The van der Waals surface area contributed by atoms with Gasteiger partial charge in [-0.3, -0.25) is 14.4 Å². The van der Waals surface area contributed by atoms with Crippen molar-refractivity contribution in [3.05, 3.63) is 23.8 Å². The van der Waals surface area contributed by atoms with Gasteiger partial charge in [-0.15, -0.1) is 0 Å². The third kappa shape index (κ3) is 6.72. The number of aliphatic hydroxyl groups is 1. The zero-order chi connectivity index (χ0) is 33.0. The van der Waals surface area contributed by atoms with Crippen molar-refractivity contribution < 1.29 is 33.7 Å². The van der Waals surface area contributed by atoms with Crippen LogP contribution < -0.4 is 0 Å². The molecule has 4 fully saturated rings. The fourth-order valence-electron chi connectivity index (χ4n) is 10.3. The van der Waals surface area contributed by atoms with Crippen molar-refractivity contribution >= 4 is 17.5 Å². The molecule has 0 spiro atoms. The van der Waals surface area contributed by atoms with Gasteiger partial charge in [0.05, 0.1) is 12.2 Å². The quantitative estimate of drug-likeness (QED) is 0.127. The van der Waals surface area contributed by atoms with Crippen LogP contribution in [0.5, 0.6) is 0 Å². The number of hydrogen-bond donors (Lipinski definition) is 1. The van der Waals surface area contributed by atoms with E-state index < -0.39 is 29.5 Å². The van der Waals surface area contributed by atoms with Gasteiger partial charge < -0.3 is 19.3 Å². The van der Waals surface area contributed by atoms with Crippen LogP contribution in [0.2, 0.25) is 0 Å². The minimum absolute atomic E-state index is 0.0165. The number of allylic oxidation sites excluding steroid dienone is 4. The van der Waals surface area contributed by atoms with E-state index >= 15 is 0 Å². The van der Waals surface area contributed by atoms with Crippen molar-refractivity contribution in [3.63, 3.8) is 0 Å². The fourth-order valence-corrected chi connectivity index (χ4v) is 10.3. The Labute approximate surface area is 277 Å². The van der Waals surface area contributed by atoms with E-state index in [0.29, 0.717) is 25.7 Å². The van der Waals surface area contributed by atoms with Crippen molar-refractivity contribution in [2.24, 2.45) is 28.6 Å². The van der Waals surface area contributed by atoms with Gasteiger partial charge in [-0.1, -0.05) is 110 Å². The summed E-state index contributed by atoms with van der Waals surface area (Å²) < 4.78 is 18.8. The summed E-state index contributed by atoms with van der Waals surface area (Å²) in [5.74, 6) is -0.329. The first kappa shape index (κ1) is 35.5. The number of rotatable bonds is 17. The number of carbonyl (C=O) groups excluding carboxylic acids is 3. The lowest BCUT2D eigenvalue weighted by molar-refractivity contribution is -0.201. The summed E-state index contributed by atoms with van der Waals surface area (Å²) in [4.78, 5) is 39.2. The second-order valence-corrected chi connectivity index (χ2v) is 15.5. The lowest BCUT2D eigenvalue weighted by atomic mass is 9.46. The maximum Gasteiger partial charge on any atom is 0.306 e. The third-order valence-corrected chi connectivity index (χ3v) is 12.6. The largest absolute Gasteiger partial charge is 0.458 e. The molecule has 0 aromatic heterocycles. The lowest BCUT2D eigenvalue weighted by Gasteiger charge is -2.59. The van der Waals surface area contributed by atoms with Crippen molar-refractivity contribution in [2.45, 2.75) is 167 Å². The standard InChI is InChI=1S/C39H60O7/c1-5-7-8-9-10-11-12-13-14-15-16-18-34(43)44-26-32(42)39-33(45-35(46-39)17-6-2)24-30-29-20-19-27-23-28(40)21-22-37(27,3)36(29)31(41)25-38(30,39)4/h21-23,29-31,33,35-36,41H,5-20,24-26H2,1-4H3/t29-,30-,31-,33+,35?,36+,37-,38-,39+/m0/s1. The van der Waals surface area contributed by atoms with E-state index in [2.05, 4.69) is 27.7 Å². The van der Waals surface area contributed by atoms with Crippen LogP contribution in [-0.4, -0.2) is 53.3 Å². The third-order valence-electron chi connectivity index (χ3n) is 12.6. The molecule has 3 saturated carbocycles. The number of hydrogen-bond acceptors (Lipinski definition) is 7. The van der Waals surface area contributed by atoms with Gasteiger partial charge in [-0.05, 0) is 62.5 Å². The molecule has 0 amide bonds. The molecule has 1 aliphatic heterocycles. The Bertz CT molecular complexity index is 1160. The molecule has 4 aliphatic carbocycles. The van der Waals surface area contributed by atoms with E-state index in [1.807, 2.05) is 6.08 Å². The number of aliphatic hydroxyl groups excluding tert-OH is 1. The van der Waals surface area contributed by atoms with Crippen LogP contribution in [0.3, 0.4) is 0 Å². The number of Topliss-reactive ketones (excluding diaryl/α,β-unsaturated/α-hetero) is 1. The Morgan fingerprint density at radius 3 is 2.33 bits per heavy atom. The molecule has 5 aliphatic rings. The normalized spacial score (nSPS) is 37.7. The molecule has 0 aromatic carbocycles. The summed E-state index contributed by atoms with van der Waals surface area (Å²) in [7, 11) is 0. The SMILES string of the molecule is CCCCCCCCCCCCCC(=O)OCC(=O)[C@@]12OC(CCC)O[C@@H]1C[C@H]1[C@@H]3CCC4=CC(=O)C=C[C@]4(C)[C@H]3[C@@H](O)C[C@@]12C. The predicted octanol–water partition coefficient (Wildman–Crippen LogP) is 7.97. The Morgan fingerprint density at radius 2 is 1.65 bits per heavy atom. The fraction of sp³-hybridized carbons (Fsp3) is 0.821. The van der Waals surface area contributed by atoms with Crippen molar-refractivity contribution in [1.29, 1.82) is 0 Å². The molecule has 1 saturated heterocycles. The van der Waals surface area contributed by atoms with E-state index in [1.165, 1.54) is 51.4 Å². The zero-order valence-electron chi connectivity index (χ0n) is 29.0. The Morgan fingerprint density at radius 1 is 0.978 bits per heavy atom. The van der Waals surface area contributed by atoms with Crippen LogP contribution in [0, 0.1) is 28.6 Å². The van der Waals surface area contributed by atoms with Gasteiger partial charge in [0.1, 0.15) is 0 Å². The number of esters is 1. The summed E-state index contributed by atoms with van der Waals surface area (Å²) in [6.45, 7) is 8.25. The summed E-state index contributed by atoms with van der Waals surface area (Å²) in [5.41, 5.74) is -1.20. The van der Waals surface area contributed by atoms with Gasteiger partial charge in [0.2, 0.25) is 5.78 Å². The summed E-state index contributed by atoms with van der Waals surface area (Å²) in [6, 6.07) is 0. The van der Waals surface area contributed by atoms with Crippen molar-refractivity contribution in [2.75, 3.05) is 6.61 Å². The maximum atomic E-state index is 14.3. The van der Waals surface area contributed by atoms with Crippen LogP contribution in [-0.2, 0) is 28.6 Å². The van der Waals surface area contributed by atoms with Gasteiger partial charge in [-0.25, -0.2) is 0 Å². The smallest absolute Gasteiger partial charge is 0.306 e. The molecule has 46 heavy (non-hydrogen) atoms. The van der Waals surface area contributed by atoms with E-state index in [4.69, 9.17) is 14.2 Å². The molecule has 7 heteroatoms. The van der Waals surface area contributed by atoms with E-state index in [0.717, 1.165) is 44.1 Å². The Kier molecular flexibility index (Phi) is 11.7. The molecular formula is C39H60O7. The van der Waals surface area contributed by atoms with Crippen LogP contribution in [0.4, 0.5) is 0 Å². The average molecular weight is 641 g/mol. The number of fused-ring (bicyclic) bond motifs is 7. The Hall–Kier alpha value is -1.83. The monoisotopic (exact) mass is 640 g/mol. The Balaban J connectivity index is 1.19. The molecule has 5 rings (SSSR count). The first-order chi connectivity index (χ1) is 22.1. The topological polar surface area (TPSA) is 99.1 Å². The van der Waals surface area contributed by atoms with E-state index in [-0.39, 0.29) is 47.3 Å². The van der Waals surface area contributed by atoms with E-state index in [1.54, 1.807) is 12.2 Å². The molecule has 9 atom stereocenters. The zero-order valence-corrected chi connectivity index (χ0v) is 29.0. The van der Waals surface area contributed by atoms with E-state index in [9.17, 15) is 19.5 Å². The van der Waals surface area contributed by atoms with Gasteiger partial charge in [0, 0.05) is 23.2 Å². The molecule has 1 N–H and O–H groups in total. The first-order valence-corrected chi connectivity index (χ1v) is 18.7. The first-order valence-electron chi connectivity index (χ1n) is 18.7. The van der Waals surface area contributed by atoms with Gasteiger partial charge in [0.25, 0.3) is 0 Å². The second-order valence-electron chi connectivity index (χ2n) is 15.5. The highest BCUT2D eigenvalue weighted by atomic mass is 16.7. The summed E-state index contributed by atoms with van der Waals surface area (Å²) >= 11 is 0. The number of ketones is 2. The molecule has 1 heterocycles. The maximum absolute atomic E-state index is 14.3. The van der Waals surface area contributed by atoms with Crippen LogP contribution in [0.1, 0.15) is 143 Å². The summed E-state index contributed by atoms with van der Waals surface area (Å²) in [5, 5.41) is 11.9. The molecule has 7 nitrogen and oxygen atoms in total. The van der Waals surface area contributed by atoms with Crippen LogP contribution in [0.15, 0.2) is 23.8 Å². The highest BCUT2D eigenvalue weighted by molar-refractivity contribution is 6.01. The molecule has 258 valence electrons. The molecule has 1 unspecified atom stereocenters. The van der Waals surface area contributed by atoms with Gasteiger partial charge >= 0.3 is 5.97 Å². The average Bonchev–Trinajstić information content (AvgIpc) is 3.50. The number of ether oxygens (including phenoxy) is 3. The highest BCUT2D eigenvalue weighted by Crippen LogP contribution is 2.69. The van der Waals surface area contributed by atoms with Crippen molar-refractivity contribution in [1.82, 2.24) is 0 Å². The van der Waals surface area contributed by atoms with Crippen LogP contribution in [0.25, 0.3) is 0 Å². The number of unbranched alkanes of at least 4 members (excludes halogenated alkanes) is 10. The molecular weight excluding hydrogens is 580 g/mol. The predicted molar refractivity (Wildman–Crippen MR) is 178 cm³/mol. The molecule has 0 bridgehead atoms. The lowest BCUT2D eigenvalue weighted by Crippen LogP contribution is -2.63. The van der Waals surface area contributed by atoms with Gasteiger partial charge in [-0.2, -0.15) is 0 Å². The number of carbonyl (C=O) groups is 3. The highest BCUT2D eigenvalue weighted by Gasteiger charge is 2.75.